The Balaban J connectivity index is 4.07. The third-order valence-electron chi connectivity index (χ3n) is 3.09. The van der Waals surface area contributed by atoms with Crippen LogP contribution in [-0.4, -0.2) is 44.9 Å². The summed E-state index contributed by atoms with van der Waals surface area (Å²) in [6.07, 6.45) is -2.58. The second-order valence-corrected chi connectivity index (χ2v) is 9.16. The molecule has 0 heterocycles. The van der Waals surface area contributed by atoms with Gasteiger partial charge in [0.15, 0.2) is 0 Å². The predicted molar refractivity (Wildman–Crippen MR) is 80.9 cm³/mol. The van der Waals surface area contributed by atoms with Crippen molar-refractivity contribution in [3.63, 3.8) is 0 Å². The van der Waals surface area contributed by atoms with Crippen LogP contribution in [0.15, 0.2) is 21.9 Å². The first-order chi connectivity index (χ1) is 13.2. The largest absolute Gasteiger partial charge is 0.506 e. The lowest BCUT2D eigenvalue weighted by molar-refractivity contribution is -0.186. The smallest absolute Gasteiger partial charge is 0.502 e. The van der Waals surface area contributed by atoms with E-state index < -0.39 is 76.1 Å². The van der Waals surface area contributed by atoms with Crippen LogP contribution in [0.5, 0.6) is 5.75 Å². The Morgan fingerprint density at radius 1 is 0.867 bits per heavy atom. The average Bonchev–Trinajstić information content (AvgIpc) is 2.50. The topological polar surface area (TPSA) is 141 Å². The van der Waals surface area contributed by atoms with Gasteiger partial charge in [0.25, 0.3) is 26.0 Å². The number of phenols is 1. The van der Waals surface area contributed by atoms with E-state index in [9.17, 15) is 57.9 Å². The number of phenolic OH excluding ortho intramolecular Hbond substituents is 1. The van der Waals surface area contributed by atoms with Gasteiger partial charge in [-0.25, -0.2) is 16.8 Å². The van der Waals surface area contributed by atoms with E-state index in [0.29, 0.717) is 13.8 Å². The van der Waals surface area contributed by atoms with Gasteiger partial charge >= 0.3 is 23.0 Å². The fourth-order valence-electron chi connectivity index (χ4n) is 1.85. The van der Waals surface area contributed by atoms with Crippen LogP contribution in [0.25, 0.3) is 0 Å². The first-order valence-corrected chi connectivity index (χ1v) is 10.0. The molecule has 0 aliphatic heterocycles. The summed E-state index contributed by atoms with van der Waals surface area (Å²) in [5.74, 6) is -4.64. The molecule has 0 saturated carbocycles. The number of ether oxygens (including phenoxy) is 2. The molecule has 1 rings (SSSR count). The van der Waals surface area contributed by atoms with E-state index >= 15 is 0 Å². The summed E-state index contributed by atoms with van der Waals surface area (Å²) >= 11 is 0. The van der Waals surface area contributed by atoms with Gasteiger partial charge in [0.2, 0.25) is 0 Å². The first kappa shape index (κ1) is 25.5. The summed E-state index contributed by atoms with van der Waals surface area (Å²) in [4.78, 5) is 17.9. The van der Waals surface area contributed by atoms with E-state index in [1.807, 2.05) is 0 Å². The standard InChI is InChI=1S/C13H10F6O9S2/c1-5(20)27-11(28-6(2)21)8-3-7(29(23,24)12(14,15)16)4-9(10(8)22)30(25,26)13(17,18)19/h3-4,11,22H,1-2H3. The van der Waals surface area contributed by atoms with Crippen LogP contribution in [-0.2, 0) is 38.7 Å². The number of alkyl halides is 6. The van der Waals surface area contributed by atoms with E-state index in [2.05, 4.69) is 9.47 Å². The third-order valence-corrected chi connectivity index (χ3v) is 6.05. The maximum atomic E-state index is 12.9. The van der Waals surface area contributed by atoms with Crippen molar-refractivity contribution in [2.45, 2.75) is 40.9 Å². The number of esters is 2. The van der Waals surface area contributed by atoms with Crippen molar-refractivity contribution in [1.29, 1.82) is 0 Å². The van der Waals surface area contributed by atoms with Gasteiger partial charge in [-0.05, 0) is 12.1 Å². The number of hydrogen-bond donors (Lipinski definition) is 1. The Hall–Kier alpha value is -2.56. The quantitative estimate of drug-likeness (QED) is 0.375. The van der Waals surface area contributed by atoms with Crippen molar-refractivity contribution >= 4 is 31.6 Å². The van der Waals surface area contributed by atoms with Gasteiger partial charge in [-0.15, -0.1) is 0 Å². The Bertz CT molecular complexity index is 1060. The highest BCUT2D eigenvalue weighted by Crippen LogP contribution is 2.43. The number of benzene rings is 1. The highest BCUT2D eigenvalue weighted by Gasteiger charge is 2.52. The molecule has 1 aromatic rings. The lowest BCUT2D eigenvalue weighted by Gasteiger charge is -2.21. The summed E-state index contributed by atoms with van der Waals surface area (Å²) < 4.78 is 132. The zero-order valence-corrected chi connectivity index (χ0v) is 16.2. The maximum absolute atomic E-state index is 12.9. The molecule has 0 aromatic heterocycles. The minimum absolute atomic E-state index is 0.149. The molecule has 0 aliphatic rings. The zero-order valence-electron chi connectivity index (χ0n) is 14.5. The molecule has 9 nitrogen and oxygen atoms in total. The molecule has 0 aliphatic carbocycles. The summed E-state index contributed by atoms with van der Waals surface area (Å²) in [7, 11) is -13.1. The molecule has 0 atom stereocenters. The number of carbonyl (C=O) groups excluding carboxylic acids is 2. The molecule has 0 spiro atoms. The van der Waals surface area contributed by atoms with Crippen molar-refractivity contribution in [3.8, 4) is 5.75 Å². The van der Waals surface area contributed by atoms with Crippen molar-refractivity contribution < 1.29 is 67.3 Å². The first-order valence-electron chi connectivity index (χ1n) is 7.07. The molecule has 0 bridgehead atoms. The SMILES string of the molecule is CC(=O)OC(OC(C)=O)c1cc(S(=O)(=O)C(F)(F)F)cc(S(=O)(=O)C(F)(F)F)c1O. The fourth-order valence-corrected chi connectivity index (χ4v) is 3.65. The minimum Gasteiger partial charge on any atom is -0.506 e. The third kappa shape index (κ3) is 4.94. The highest BCUT2D eigenvalue weighted by molar-refractivity contribution is 7.93. The molecule has 0 saturated heterocycles. The maximum Gasteiger partial charge on any atom is 0.502 e. The Labute approximate surface area is 164 Å². The normalized spacial score (nSPS) is 13.2. The summed E-state index contributed by atoms with van der Waals surface area (Å²) in [5, 5.41) is 9.94. The number of aromatic hydroxyl groups is 1. The Kier molecular flexibility index (Phi) is 6.74. The molecular formula is C13H10F6O9S2. The summed E-state index contributed by atoms with van der Waals surface area (Å²) in [6.45, 7) is 1.30. The zero-order chi connectivity index (χ0) is 23.9. The van der Waals surface area contributed by atoms with E-state index in [1.165, 1.54) is 0 Å². The Morgan fingerprint density at radius 2 is 1.27 bits per heavy atom. The van der Waals surface area contributed by atoms with Crippen LogP contribution in [0, 0.1) is 0 Å². The molecule has 17 heteroatoms. The van der Waals surface area contributed by atoms with Crippen LogP contribution in [0.4, 0.5) is 26.3 Å². The van der Waals surface area contributed by atoms with Crippen LogP contribution in [0.2, 0.25) is 0 Å². The number of halogens is 6. The summed E-state index contributed by atoms with van der Waals surface area (Å²) in [5.41, 5.74) is -13.8. The monoisotopic (exact) mass is 488 g/mol. The van der Waals surface area contributed by atoms with Gasteiger partial charge in [-0.2, -0.15) is 26.3 Å². The van der Waals surface area contributed by atoms with Gasteiger partial charge in [-0.3, -0.25) is 9.59 Å². The molecule has 30 heavy (non-hydrogen) atoms. The minimum atomic E-state index is -6.61. The predicted octanol–water partition coefficient (Wildman–Crippen LogP) is 2.10. The van der Waals surface area contributed by atoms with Crippen LogP contribution in [0.1, 0.15) is 25.7 Å². The van der Waals surface area contributed by atoms with Gasteiger partial charge in [0.1, 0.15) is 10.6 Å². The van der Waals surface area contributed by atoms with E-state index in [1.54, 1.807) is 0 Å². The second kappa shape index (κ2) is 7.93. The molecule has 0 unspecified atom stereocenters. The summed E-state index contributed by atoms with van der Waals surface area (Å²) in [6, 6.07) is -0.729. The van der Waals surface area contributed by atoms with Crippen molar-refractivity contribution in [2.24, 2.45) is 0 Å². The van der Waals surface area contributed by atoms with Gasteiger partial charge < -0.3 is 14.6 Å². The second-order valence-electron chi connectivity index (χ2n) is 5.31. The van der Waals surface area contributed by atoms with Crippen molar-refractivity contribution in [1.82, 2.24) is 0 Å². The molecule has 1 aromatic carbocycles. The lowest BCUT2D eigenvalue weighted by Crippen LogP contribution is -2.27. The van der Waals surface area contributed by atoms with Crippen LogP contribution >= 0.6 is 0 Å². The fraction of sp³-hybridized carbons (Fsp3) is 0.385. The highest BCUT2D eigenvalue weighted by atomic mass is 32.2. The van der Waals surface area contributed by atoms with Crippen LogP contribution < -0.4 is 0 Å². The number of rotatable bonds is 5. The number of hydrogen-bond acceptors (Lipinski definition) is 9. The molecule has 1 N–H and O–H groups in total. The van der Waals surface area contributed by atoms with E-state index in [4.69, 9.17) is 0 Å². The molecular weight excluding hydrogens is 478 g/mol. The van der Waals surface area contributed by atoms with Gasteiger partial charge in [0, 0.05) is 13.8 Å². The molecule has 0 radical (unpaired) electrons. The van der Waals surface area contributed by atoms with Gasteiger partial charge in [-0.1, -0.05) is 0 Å². The number of carbonyl (C=O) groups is 2. The van der Waals surface area contributed by atoms with Crippen molar-refractivity contribution in [2.75, 3.05) is 0 Å². The molecule has 0 amide bonds. The Morgan fingerprint density at radius 3 is 1.60 bits per heavy atom. The van der Waals surface area contributed by atoms with Gasteiger partial charge in [0.05, 0.1) is 10.5 Å². The lowest BCUT2D eigenvalue weighted by atomic mass is 10.2. The van der Waals surface area contributed by atoms with E-state index in [-0.39, 0.29) is 6.07 Å². The number of sulfone groups is 2. The average molecular weight is 488 g/mol. The molecule has 0 fully saturated rings. The van der Waals surface area contributed by atoms with Crippen molar-refractivity contribution in [3.05, 3.63) is 17.7 Å². The molecule has 170 valence electrons. The van der Waals surface area contributed by atoms with Crippen LogP contribution in [0.3, 0.4) is 0 Å². The van der Waals surface area contributed by atoms with E-state index in [0.717, 1.165) is 0 Å².